The lowest BCUT2D eigenvalue weighted by Gasteiger charge is -2.30. The SMILES string of the molecule is NC(=O)CNC(=O)[C@@H](CCCN=C(N)N)NC(=O)[C@@H]1CCCN1C(=O)[C@@H]1CSSCCC(=O)N[C@H](Cc2ccc(O)cc2)C(=O)N[C@@H](Cc2ccccc2)C(=O)N[C@@H](CO)C(=O)N[C@@H](CC(N)=O)C(=O)N1. The van der Waals surface area contributed by atoms with Gasteiger partial charge >= 0.3 is 0 Å². The second-order valence-corrected chi connectivity index (χ2v) is 19.1. The predicted molar refractivity (Wildman–Crippen MR) is 261 cm³/mol. The summed E-state index contributed by atoms with van der Waals surface area (Å²) in [6.07, 6.45) is -0.396. The number of nitrogens with zero attached hydrogens (tertiary/aromatic N) is 2. The number of aliphatic imine (C=N–C) groups is 1. The molecule has 0 spiro atoms. The number of amides is 10. The number of aliphatic hydroxyl groups is 1. The van der Waals surface area contributed by atoms with Gasteiger partial charge in [0.05, 0.1) is 19.6 Å². The van der Waals surface area contributed by atoms with Crippen molar-refractivity contribution in [3.05, 3.63) is 65.7 Å². The monoisotopic (exact) mass is 1030 g/mol. The summed E-state index contributed by atoms with van der Waals surface area (Å²) in [6.45, 7) is -1.40. The Morgan fingerprint density at radius 1 is 0.761 bits per heavy atom. The number of benzene rings is 2. The quantitative estimate of drug-likeness (QED) is 0.0307. The number of nitrogens with two attached hydrogens (primary N) is 4. The van der Waals surface area contributed by atoms with Crippen molar-refractivity contribution in [1.29, 1.82) is 0 Å². The third-order valence-corrected chi connectivity index (χ3v) is 13.4. The van der Waals surface area contributed by atoms with Crippen LogP contribution in [0.1, 0.15) is 49.7 Å². The summed E-state index contributed by atoms with van der Waals surface area (Å²) in [6, 6.07) is 4.46. The molecule has 0 radical (unpaired) electrons. The second kappa shape index (κ2) is 28.5. The molecule has 2 heterocycles. The number of primary amides is 2. The summed E-state index contributed by atoms with van der Waals surface area (Å²) in [5.74, 6) is -8.90. The molecule has 0 unspecified atom stereocenters. The molecule has 27 heteroatoms. The van der Waals surface area contributed by atoms with Crippen LogP contribution in [0.2, 0.25) is 0 Å². The van der Waals surface area contributed by atoms with E-state index in [2.05, 4.69) is 42.2 Å². The first kappa shape index (κ1) is 56.5. The van der Waals surface area contributed by atoms with Gasteiger partial charge in [-0.05, 0) is 48.9 Å². The van der Waals surface area contributed by atoms with Crippen LogP contribution >= 0.6 is 21.6 Å². The third kappa shape index (κ3) is 19.0. The Kier molecular flexibility index (Phi) is 22.7. The van der Waals surface area contributed by atoms with Crippen LogP contribution in [-0.4, -0.2) is 160 Å². The Hall–Kier alpha value is -7.13. The first-order valence-corrected chi connectivity index (χ1v) is 25.0. The van der Waals surface area contributed by atoms with Crippen molar-refractivity contribution in [2.75, 3.05) is 37.7 Å². The van der Waals surface area contributed by atoms with Crippen molar-refractivity contribution in [1.82, 2.24) is 42.1 Å². The van der Waals surface area contributed by atoms with E-state index >= 15 is 0 Å². The van der Waals surface area contributed by atoms with E-state index in [1.165, 1.54) is 17.0 Å². The molecule has 0 saturated carbocycles. The molecule has 7 atom stereocenters. The Morgan fingerprint density at radius 3 is 2.00 bits per heavy atom. The average molecular weight is 1030 g/mol. The molecule has 2 aliphatic heterocycles. The number of nitrogens with one attached hydrogen (secondary N) is 7. The fourth-order valence-electron chi connectivity index (χ4n) is 7.42. The van der Waals surface area contributed by atoms with Crippen LogP contribution in [0.4, 0.5) is 0 Å². The van der Waals surface area contributed by atoms with Gasteiger partial charge in [0, 0.05) is 43.9 Å². The molecule has 2 saturated heterocycles. The molecule has 17 N–H and O–H groups in total. The first-order valence-electron chi connectivity index (χ1n) is 22.5. The Labute approximate surface area is 416 Å². The highest BCUT2D eigenvalue weighted by Gasteiger charge is 2.40. The minimum absolute atomic E-state index is 0.0205. The van der Waals surface area contributed by atoms with Crippen LogP contribution in [0.25, 0.3) is 0 Å². The molecule has 2 aliphatic rings. The molecule has 0 bridgehead atoms. The fourth-order valence-corrected chi connectivity index (χ4v) is 9.57. The van der Waals surface area contributed by atoms with E-state index in [9.17, 15) is 58.2 Å². The van der Waals surface area contributed by atoms with Gasteiger partial charge in [0.15, 0.2) is 5.96 Å². The molecule has 2 fully saturated rings. The minimum Gasteiger partial charge on any atom is -0.508 e. The number of carbonyl (C=O) groups is 10. The number of rotatable bonds is 17. The zero-order valence-corrected chi connectivity index (χ0v) is 40.3. The Balaban J connectivity index is 1.64. The van der Waals surface area contributed by atoms with Gasteiger partial charge in [0.25, 0.3) is 0 Å². The van der Waals surface area contributed by atoms with E-state index in [1.54, 1.807) is 42.5 Å². The summed E-state index contributed by atoms with van der Waals surface area (Å²) >= 11 is 0. The van der Waals surface area contributed by atoms with Crippen molar-refractivity contribution < 1.29 is 58.2 Å². The van der Waals surface area contributed by atoms with Gasteiger partial charge in [-0.2, -0.15) is 0 Å². The van der Waals surface area contributed by atoms with E-state index in [4.69, 9.17) is 22.9 Å². The molecule has 0 aromatic heterocycles. The molecule has 25 nitrogen and oxygen atoms in total. The number of guanidine groups is 1. The lowest BCUT2D eigenvalue weighted by atomic mass is 10.0. The second-order valence-electron chi connectivity index (χ2n) is 16.5. The normalized spacial score (nSPS) is 22.2. The molecule has 2 aromatic carbocycles. The van der Waals surface area contributed by atoms with E-state index in [0.29, 0.717) is 17.5 Å². The Bertz CT molecular complexity index is 2260. The van der Waals surface area contributed by atoms with Crippen molar-refractivity contribution in [2.45, 2.75) is 93.7 Å². The lowest BCUT2D eigenvalue weighted by Crippen LogP contribution is -2.61. The van der Waals surface area contributed by atoms with Crippen LogP contribution in [0, 0.1) is 0 Å². The summed E-state index contributed by atoms with van der Waals surface area (Å²) in [4.78, 5) is 139. The van der Waals surface area contributed by atoms with Crippen LogP contribution in [0.15, 0.2) is 59.6 Å². The minimum atomic E-state index is -1.76. The number of phenols is 1. The van der Waals surface area contributed by atoms with Crippen LogP contribution in [0.5, 0.6) is 5.75 Å². The van der Waals surface area contributed by atoms with Crippen molar-refractivity contribution in [3.63, 3.8) is 0 Å². The maximum atomic E-state index is 14.5. The summed E-state index contributed by atoms with van der Waals surface area (Å²) in [5, 5.41) is 37.8. The van der Waals surface area contributed by atoms with Crippen LogP contribution in [0.3, 0.4) is 0 Å². The molecular formula is C44H61N13O12S2. The van der Waals surface area contributed by atoms with Gasteiger partial charge in [-0.15, -0.1) is 0 Å². The Morgan fingerprint density at radius 2 is 1.37 bits per heavy atom. The maximum absolute atomic E-state index is 14.5. The molecule has 0 aliphatic carbocycles. The molecule has 2 aromatic rings. The van der Waals surface area contributed by atoms with Crippen molar-refractivity contribution in [2.24, 2.45) is 27.9 Å². The standard InChI is InChI=1S/C44H61N13O12S2/c45-34(60)20-30-40(66)56-32(43(69)57-16-5-9-33(57)42(68)52-27(8-4-15-49-44(47)48)37(63)50-21-35(46)61)23-71-70-17-14-36(62)51-28(19-25-10-12-26(59)13-11-25)38(64)53-29(18-24-6-2-1-3-7-24)39(65)55-31(22-58)41(67)54-30/h1-3,6-7,10-13,27-33,58-59H,4-5,8-9,14-23H2,(H2,45,60)(H2,46,61)(H,50,63)(H,51,62)(H,52,68)(H,53,64)(H,54,67)(H,55,65)(H,56,66)(H4,47,48,49)/t27-,28-,29+,30+,31+,32+,33+/m1/s1. The number of aliphatic hydroxyl groups excluding tert-OH is 1. The molecule has 386 valence electrons. The fraction of sp³-hybridized carbons (Fsp3) is 0.477. The van der Waals surface area contributed by atoms with Gasteiger partial charge in [-0.1, -0.05) is 64.1 Å². The van der Waals surface area contributed by atoms with E-state index in [1.807, 2.05) is 0 Å². The van der Waals surface area contributed by atoms with E-state index in [0.717, 1.165) is 21.6 Å². The zero-order valence-electron chi connectivity index (χ0n) is 38.6. The van der Waals surface area contributed by atoms with Gasteiger partial charge < -0.3 is 75.3 Å². The highest BCUT2D eigenvalue weighted by atomic mass is 33.1. The number of aromatic hydroxyl groups is 1. The molecule has 10 amide bonds. The van der Waals surface area contributed by atoms with Crippen molar-refractivity contribution >= 4 is 86.6 Å². The van der Waals surface area contributed by atoms with Gasteiger partial charge in [-0.3, -0.25) is 52.9 Å². The summed E-state index contributed by atoms with van der Waals surface area (Å²) < 4.78 is 0. The number of carbonyl (C=O) groups excluding carboxylic acids is 10. The van der Waals surface area contributed by atoms with Crippen molar-refractivity contribution in [3.8, 4) is 5.75 Å². The number of hydrogen-bond acceptors (Lipinski definition) is 15. The predicted octanol–water partition coefficient (Wildman–Crippen LogP) is -4.61. The average Bonchev–Trinajstić information content (AvgIpc) is 3.83. The highest BCUT2D eigenvalue weighted by Crippen LogP contribution is 2.26. The van der Waals surface area contributed by atoms with Gasteiger partial charge in [0.1, 0.15) is 48.0 Å². The van der Waals surface area contributed by atoms with Gasteiger partial charge in [-0.25, -0.2) is 0 Å². The summed E-state index contributed by atoms with van der Waals surface area (Å²) in [7, 11) is 2.20. The van der Waals surface area contributed by atoms with E-state index in [-0.39, 0.29) is 74.8 Å². The number of likely N-dealkylation sites (tertiary alicyclic amines) is 1. The zero-order chi connectivity index (χ0) is 52.0. The number of hydrogen-bond donors (Lipinski definition) is 13. The first-order chi connectivity index (χ1) is 33.8. The number of phenolic OH excluding ortho intramolecular Hbond substituents is 1. The lowest BCUT2D eigenvalue weighted by molar-refractivity contribution is -0.142. The molecule has 4 rings (SSSR count). The van der Waals surface area contributed by atoms with Crippen LogP contribution < -0.4 is 60.2 Å². The van der Waals surface area contributed by atoms with Gasteiger partial charge in [0.2, 0.25) is 59.1 Å². The molecule has 71 heavy (non-hydrogen) atoms. The van der Waals surface area contributed by atoms with Crippen LogP contribution in [-0.2, 0) is 60.8 Å². The molecular weight excluding hydrogens is 967 g/mol. The smallest absolute Gasteiger partial charge is 0.246 e. The van der Waals surface area contributed by atoms with E-state index < -0.39 is 121 Å². The highest BCUT2D eigenvalue weighted by molar-refractivity contribution is 8.76. The third-order valence-electron chi connectivity index (χ3n) is 11.0. The largest absolute Gasteiger partial charge is 0.508 e. The maximum Gasteiger partial charge on any atom is 0.246 e. The summed E-state index contributed by atoms with van der Waals surface area (Å²) in [5.41, 5.74) is 22.6. The topological polar surface area (TPSA) is 415 Å².